The number of anilines is 1. The molecule has 1 aromatic carbocycles. The highest BCUT2D eigenvalue weighted by Gasteiger charge is 2.61. The van der Waals surface area contributed by atoms with Crippen molar-refractivity contribution in [3.05, 3.63) is 46.5 Å². The summed E-state index contributed by atoms with van der Waals surface area (Å²) in [4.78, 5) is 43.2. The van der Waals surface area contributed by atoms with E-state index >= 15 is 0 Å². The van der Waals surface area contributed by atoms with Crippen LogP contribution in [-0.4, -0.2) is 70.9 Å². The Labute approximate surface area is 173 Å². The maximum Gasteiger partial charge on any atom is 0.269 e. The molecule has 4 rings (SSSR count). The Morgan fingerprint density at radius 2 is 2.17 bits per heavy atom. The van der Waals surface area contributed by atoms with Gasteiger partial charge in [0.05, 0.1) is 11.0 Å². The maximum absolute atomic E-state index is 13.7. The number of nitro groups is 1. The molecule has 29 heavy (non-hydrogen) atoms. The van der Waals surface area contributed by atoms with Gasteiger partial charge in [-0.2, -0.15) is 0 Å². The first-order chi connectivity index (χ1) is 13.8. The molecule has 0 radical (unpaired) electrons. The van der Waals surface area contributed by atoms with Crippen LogP contribution in [0.15, 0.2) is 30.9 Å². The second-order valence-corrected chi connectivity index (χ2v) is 8.04. The average molecular weight is 415 g/mol. The van der Waals surface area contributed by atoms with Gasteiger partial charge >= 0.3 is 0 Å². The molecule has 2 fully saturated rings. The number of non-ortho nitro benzene ring substituents is 1. The number of nitro benzene ring substituents is 1. The zero-order chi connectivity index (χ0) is 20.9. The van der Waals surface area contributed by atoms with E-state index in [1.165, 1.54) is 17.0 Å². The van der Waals surface area contributed by atoms with Gasteiger partial charge in [-0.25, -0.2) is 0 Å². The quantitative estimate of drug-likeness (QED) is 0.255. The van der Waals surface area contributed by atoms with Gasteiger partial charge in [-0.15, -0.1) is 6.58 Å². The minimum absolute atomic E-state index is 0.0612. The highest BCUT2D eigenvalue weighted by molar-refractivity contribution is 7.80. The zero-order valence-corrected chi connectivity index (χ0v) is 16.8. The maximum atomic E-state index is 13.7. The Balaban J connectivity index is 1.89. The number of hydrogen-bond donors (Lipinski definition) is 1. The summed E-state index contributed by atoms with van der Waals surface area (Å²) in [5.41, 5.74) is -0.0192. The first kappa shape index (κ1) is 19.5. The highest BCUT2D eigenvalue weighted by Crippen LogP contribution is 2.46. The van der Waals surface area contributed by atoms with Crippen molar-refractivity contribution in [1.82, 2.24) is 15.1 Å². The number of thiocarbonyl (C=S) groups is 1. The molecule has 0 saturated carbocycles. The summed E-state index contributed by atoms with van der Waals surface area (Å²) in [5.74, 6) is -0.830. The smallest absolute Gasteiger partial charge is 0.269 e. The molecule has 1 aromatic rings. The highest BCUT2D eigenvalue weighted by atomic mass is 32.1. The fourth-order valence-corrected chi connectivity index (χ4v) is 4.86. The number of nitrogens with zero attached hydrogens (tertiary/aromatic N) is 4. The number of amides is 2. The van der Waals surface area contributed by atoms with Gasteiger partial charge in [0.15, 0.2) is 10.5 Å². The number of rotatable bonds is 3. The van der Waals surface area contributed by atoms with Crippen LogP contribution >= 0.6 is 12.2 Å². The number of piperazine rings is 1. The minimum atomic E-state index is -1.41. The molecule has 0 aliphatic carbocycles. The fraction of sp³-hybridized carbons (Fsp3) is 0.421. The van der Waals surface area contributed by atoms with Gasteiger partial charge in [0.1, 0.15) is 0 Å². The second kappa shape index (κ2) is 6.89. The standard InChI is InChI=1S/C19H21N5O4S/c1-3-6-23-17(26)19(16(25)20-18(23)29)10-12-9-13(24(27)28)4-5-14(12)22-8-7-21(2)11-15(19)22/h3-5,9,15H,1,6-8,10-11H2,2H3,(H,20,25,29)/t15-,19-/m1/s1. The summed E-state index contributed by atoms with van der Waals surface area (Å²) < 4.78 is 0. The molecule has 0 aromatic heterocycles. The molecular formula is C19H21N5O4S. The summed E-state index contributed by atoms with van der Waals surface area (Å²) in [7, 11) is 1.95. The van der Waals surface area contributed by atoms with E-state index in [-0.39, 0.29) is 29.7 Å². The minimum Gasteiger partial charge on any atom is -0.364 e. The molecule has 3 aliphatic rings. The summed E-state index contributed by atoms with van der Waals surface area (Å²) in [6.07, 6.45) is 1.64. The van der Waals surface area contributed by atoms with E-state index < -0.39 is 22.3 Å². The van der Waals surface area contributed by atoms with Crippen molar-refractivity contribution in [2.45, 2.75) is 12.5 Å². The van der Waals surface area contributed by atoms with Crippen LogP contribution in [-0.2, 0) is 16.0 Å². The molecule has 9 nitrogen and oxygen atoms in total. The van der Waals surface area contributed by atoms with E-state index in [1.54, 1.807) is 12.1 Å². The van der Waals surface area contributed by atoms with Gasteiger partial charge in [-0.05, 0) is 30.9 Å². The molecule has 0 unspecified atom stereocenters. The van der Waals surface area contributed by atoms with Gasteiger partial charge in [0.25, 0.3) is 5.69 Å². The Bertz CT molecular complexity index is 951. The topological polar surface area (TPSA) is 99.0 Å². The third kappa shape index (κ3) is 2.82. The van der Waals surface area contributed by atoms with Gasteiger partial charge in [0.2, 0.25) is 11.8 Å². The number of carbonyl (C=O) groups excluding carboxylic acids is 2. The molecule has 3 aliphatic heterocycles. The van der Waals surface area contributed by atoms with Crippen LogP contribution in [0.5, 0.6) is 0 Å². The number of nitrogens with one attached hydrogen (secondary N) is 1. The predicted octanol–water partition coefficient (Wildman–Crippen LogP) is 0.687. The van der Waals surface area contributed by atoms with Crippen LogP contribution in [0, 0.1) is 15.5 Å². The second-order valence-electron chi connectivity index (χ2n) is 7.65. The van der Waals surface area contributed by atoms with Gasteiger partial charge in [0, 0.05) is 50.4 Å². The van der Waals surface area contributed by atoms with Crippen LogP contribution in [0.1, 0.15) is 5.56 Å². The monoisotopic (exact) mass is 415 g/mol. The van der Waals surface area contributed by atoms with Crippen LogP contribution in [0.3, 0.4) is 0 Å². The van der Waals surface area contributed by atoms with E-state index in [1.807, 2.05) is 11.9 Å². The SMILES string of the molecule is C=CCN1C(=O)[C@@]2(Cc3cc([N+](=O)[O-])ccc3N3CCN(C)C[C@@H]32)C(=O)NC1=S. The summed E-state index contributed by atoms with van der Waals surface area (Å²) in [5, 5.41) is 14.0. The van der Waals surface area contributed by atoms with E-state index in [2.05, 4.69) is 16.8 Å². The van der Waals surface area contributed by atoms with Crippen LogP contribution in [0.25, 0.3) is 0 Å². The molecule has 2 atom stereocenters. The van der Waals surface area contributed by atoms with Crippen molar-refractivity contribution in [2.24, 2.45) is 5.41 Å². The number of likely N-dealkylation sites (N-methyl/N-ethyl adjacent to an activating group) is 1. The largest absolute Gasteiger partial charge is 0.364 e. The van der Waals surface area contributed by atoms with Crippen molar-refractivity contribution in [2.75, 3.05) is 38.1 Å². The molecule has 2 amide bonds. The molecular weight excluding hydrogens is 394 g/mol. The summed E-state index contributed by atoms with van der Waals surface area (Å²) in [6.45, 7) is 5.75. The first-order valence-corrected chi connectivity index (χ1v) is 9.71. The average Bonchev–Trinajstić information content (AvgIpc) is 2.68. The Kier molecular flexibility index (Phi) is 4.62. The molecule has 0 bridgehead atoms. The molecule has 152 valence electrons. The molecule has 1 spiro atoms. The van der Waals surface area contributed by atoms with E-state index in [4.69, 9.17) is 12.2 Å². The zero-order valence-electron chi connectivity index (χ0n) is 16.0. The Hall–Kier alpha value is -2.85. The number of benzene rings is 1. The van der Waals surface area contributed by atoms with Crippen molar-refractivity contribution in [3.63, 3.8) is 0 Å². The van der Waals surface area contributed by atoms with E-state index in [9.17, 15) is 19.7 Å². The predicted molar refractivity (Wildman–Crippen MR) is 111 cm³/mol. The summed E-state index contributed by atoms with van der Waals surface area (Å²) in [6, 6.07) is 4.25. The number of carbonyl (C=O) groups is 2. The Morgan fingerprint density at radius 3 is 2.86 bits per heavy atom. The fourth-order valence-electron chi connectivity index (χ4n) is 4.61. The van der Waals surface area contributed by atoms with Crippen molar-refractivity contribution in [1.29, 1.82) is 0 Å². The lowest BCUT2D eigenvalue weighted by molar-refractivity contribution is -0.384. The lowest BCUT2D eigenvalue weighted by Crippen LogP contribution is -2.75. The van der Waals surface area contributed by atoms with Gasteiger partial charge in [-0.3, -0.25) is 24.6 Å². The van der Waals surface area contributed by atoms with E-state index in [0.29, 0.717) is 18.7 Å². The molecule has 10 heteroatoms. The van der Waals surface area contributed by atoms with E-state index in [0.717, 1.165) is 12.2 Å². The van der Waals surface area contributed by atoms with Crippen LogP contribution < -0.4 is 10.2 Å². The van der Waals surface area contributed by atoms with Crippen molar-refractivity contribution < 1.29 is 14.5 Å². The van der Waals surface area contributed by atoms with Gasteiger partial charge < -0.3 is 15.1 Å². The molecule has 3 heterocycles. The first-order valence-electron chi connectivity index (χ1n) is 9.30. The molecule has 2 saturated heterocycles. The normalized spacial score (nSPS) is 26.8. The van der Waals surface area contributed by atoms with Crippen LogP contribution in [0.2, 0.25) is 0 Å². The lowest BCUT2D eigenvalue weighted by atomic mass is 9.67. The van der Waals surface area contributed by atoms with Crippen molar-refractivity contribution in [3.8, 4) is 0 Å². The van der Waals surface area contributed by atoms with Crippen LogP contribution in [0.4, 0.5) is 11.4 Å². The van der Waals surface area contributed by atoms with Gasteiger partial charge in [-0.1, -0.05) is 6.08 Å². The lowest BCUT2D eigenvalue weighted by Gasteiger charge is -2.55. The summed E-state index contributed by atoms with van der Waals surface area (Å²) >= 11 is 5.21. The van der Waals surface area contributed by atoms with Crippen molar-refractivity contribution >= 4 is 40.5 Å². The molecule has 1 N–H and O–H groups in total. The number of hydrogen-bond acceptors (Lipinski definition) is 7. The third-order valence-corrected chi connectivity index (χ3v) is 6.34. The Morgan fingerprint density at radius 1 is 1.41 bits per heavy atom. The third-order valence-electron chi connectivity index (χ3n) is 6.01. The number of fused-ring (bicyclic) bond motifs is 4.